The van der Waals surface area contributed by atoms with Crippen LogP contribution in [0.2, 0.25) is 0 Å². The van der Waals surface area contributed by atoms with Crippen molar-refractivity contribution in [2.75, 3.05) is 6.54 Å². The van der Waals surface area contributed by atoms with Gasteiger partial charge in [0.05, 0.1) is 6.04 Å². The zero-order valence-electron chi connectivity index (χ0n) is 11.7. The summed E-state index contributed by atoms with van der Waals surface area (Å²) in [4.78, 5) is 2.68. The molecule has 1 atom stereocenters. The van der Waals surface area contributed by atoms with Gasteiger partial charge in [-0.2, -0.15) is 0 Å². The van der Waals surface area contributed by atoms with Gasteiger partial charge in [-0.3, -0.25) is 0 Å². The molecule has 0 amide bonds. The number of nitrogens with one attached hydrogen (secondary N) is 1. The highest BCUT2D eigenvalue weighted by Crippen LogP contribution is 2.29. The maximum absolute atomic E-state index is 13.4. The first-order chi connectivity index (χ1) is 9.15. The molecule has 0 saturated heterocycles. The molecule has 1 nitrogen and oxygen atoms in total. The summed E-state index contributed by atoms with van der Waals surface area (Å²) in [6.07, 6.45) is 1.06. The number of halogens is 1. The summed E-state index contributed by atoms with van der Waals surface area (Å²) in [5.41, 5.74) is 1.83. The fourth-order valence-corrected chi connectivity index (χ4v) is 3.23. The maximum Gasteiger partial charge on any atom is 0.126 e. The Morgan fingerprint density at radius 3 is 2.58 bits per heavy atom. The molecule has 0 fully saturated rings. The third-order valence-corrected chi connectivity index (χ3v) is 4.53. The van der Waals surface area contributed by atoms with E-state index in [9.17, 15) is 4.39 Å². The van der Waals surface area contributed by atoms with Crippen LogP contribution >= 0.6 is 11.3 Å². The summed E-state index contributed by atoms with van der Waals surface area (Å²) in [7, 11) is 0. The van der Waals surface area contributed by atoms with Gasteiger partial charge in [0, 0.05) is 9.75 Å². The van der Waals surface area contributed by atoms with Crippen LogP contribution in [-0.4, -0.2) is 6.54 Å². The Morgan fingerprint density at radius 2 is 2.00 bits per heavy atom. The number of rotatable bonds is 5. The van der Waals surface area contributed by atoms with Gasteiger partial charge in [-0.1, -0.05) is 26.0 Å². The lowest BCUT2D eigenvalue weighted by molar-refractivity contribution is 0.609. The average Bonchev–Trinajstić information content (AvgIpc) is 2.88. The molecule has 3 heteroatoms. The molecule has 102 valence electrons. The summed E-state index contributed by atoms with van der Waals surface area (Å²) < 4.78 is 13.4. The summed E-state index contributed by atoms with van der Waals surface area (Å²) in [5, 5.41) is 3.49. The first kappa shape index (κ1) is 14.2. The van der Waals surface area contributed by atoms with Gasteiger partial charge in [0.15, 0.2) is 0 Å². The highest BCUT2D eigenvalue weighted by atomic mass is 32.1. The molecule has 1 N–H and O–H groups in total. The Hall–Kier alpha value is -1.19. The largest absolute Gasteiger partial charge is 0.306 e. The zero-order valence-corrected chi connectivity index (χ0v) is 12.5. The van der Waals surface area contributed by atoms with Gasteiger partial charge >= 0.3 is 0 Å². The summed E-state index contributed by atoms with van der Waals surface area (Å²) in [5.74, 6) is -0.139. The predicted molar refractivity (Wildman–Crippen MR) is 80.4 cm³/mol. The molecule has 0 radical (unpaired) electrons. The molecule has 0 saturated carbocycles. The molecule has 0 spiro atoms. The molecule has 2 aromatic rings. The molecule has 0 aliphatic carbocycles. The lowest BCUT2D eigenvalue weighted by Crippen LogP contribution is -2.21. The fourth-order valence-electron chi connectivity index (χ4n) is 2.17. The summed E-state index contributed by atoms with van der Waals surface area (Å²) >= 11 is 1.83. The SMILES string of the molecule is CCNC(c1ccc(F)c(C)c1)c1ccc(CC)s1. The van der Waals surface area contributed by atoms with Gasteiger partial charge in [-0.15, -0.1) is 11.3 Å². The minimum absolute atomic E-state index is 0.139. The lowest BCUT2D eigenvalue weighted by atomic mass is 10.0. The number of hydrogen-bond acceptors (Lipinski definition) is 2. The van der Waals surface area contributed by atoms with E-state index >= 15 is 0 Å². The van der Waals surface area contributed by atoms with E-state index in [1.807, 2.05) is 30.4 Å². The van der Waals surface area contributed by atoms with Crippen molar-refractivity contribution >= 4 is 11.3 Å². The molecular weight excluding hydrogens is 257 g/mol. The Labute approximate surface area is 118 Å². The molecule has 1 aromatic carbocycles. The summed E-state index contributed by atoms with van der Waals surface area (Å²) in [6, 6.07) is 9.89. The molecule has 0 aliphatic rings. The van der Waals surface area contributed by atoms with Crippen LogP contribution in [0.3, 0.4) is 0 Å². The highest BCUT2D eigenvalue weighted by molar-refractivity contribution is 7.12. The van der Waals surface area contributed by atoms with Crippen LogP contribution in [0, 0.1) is 12.7 Å². The Morgan fingerprint density at radius 1 is 1.21 bits per heavy atom. The molecule has 19 heavy (non-hydrogen) atoms. The van der Waals surface area contributed by atoms with E-state index in [4.69, 9.17) is 0 Å². The monoisotopic (exact) mass is 277 g/mol. The van der Waals surface area contributed by atoms with E-state index in [1.165, 1.54) is 9.75 Å². The zero-order chi connectivity index (χ0) is 13.8. The second-order valence-corrected chi connectivity index (χ2v) is 5.86. The van der Waals surface area contributed by atoms with E-state index in [0.717, 1.165) is 18.5 Å². The van der Waals surface area contributed by atoms with Crippen molar-refractivity contribution in [1.82, 2.24) is 5.32 Å². The number of aryl methyl sites for hydroxylation is 2. The van der Waals surface area contributed by atoms with Crippen LogP contribution in [0.15, 0.2) is 30.3 Å². The number of benzene rings is 1. The van der Waals surface area contributed by atoms with Crippen molar-refractivity contribution in [3.8, 4) is 0 Å². The molecule has 1 heterocycles. The predicted octanol–water partition coefficient (Wildman–Crippen LogP) is 4.46. The van der Waals surface area contributed by atoms with E-state index in [1.54, 1.807) is 6.07 Å². The highest BCUT2D eigenvalue weighted by Gasteiger charge is 2.16. The molecule has 0 bridgehead atoms. The van der Waals surface area contributed by atoms with Crippen molar-refractivity contribution in [3.05, 3.63) is 57.0 Å². The minimum Gasteiger partial charge on any atom is -0.306 e. The van der Waals surface area contributed by atoms with E-state index < -0.39 is 0 Å². The molecule has 1 unspecified atom stereocenters. The fraction of sp³-hybridized carbons (Fsp3) is 0.375. The van der Waals surface area contributed by atoms with Crippen LogP contribution < -0.4 is 5.32 Å². The van der Waals surface area contributed by atoms with Crippen LogP contribution in [0.1, 0.15) is 40.8 Å². The van der Waals surface area contributed by atoms with Crippen LogP contribution in [0.4, 0.5) is 4.39 Å². The Kier molecular flexibility index (Phi) is 4.72. The first-order valence-corrected chi connectivity index (χ1v) is 7.55. The van der Waals surface area contributed by atoms with Crippen LogP contribution in [0.25, 0.3) is 0 Å². The van der Waals surface area contributed by atoms with Crippen LogP contribution in [-0.2, 0) is 6.42 Å². The second kappa shape index (κ2) is 6.31. The van der Waals surface area contributed by atoms with Gasteiger partial charge < -0.3 is 5.32 Å². The quantitative estimate of drug-likeness (QED) is 0.851. The molecular formula is C16H20FNS. The van der Waals surface area contributed by atoms with Crippen molar-refractivity contribution < 1.29 is 4.39 Å². The second-order valence-electron chi connectivity index (χ2n) is 4.66. The molecule has 2 rings (SSSR count). The number of thiophene rings is 1. The van der Waals surface area contributed by atoms with Gasteiger partial charge in [0.1, 0.15) is 5.82 Å². The smallest absolute Gasteiger partial charge is 0.126 e. The topological polar surface area (TPSA) is 12.0 Å². The van der Waals surface area contributed by atoms with Gasteiger partial charge in [-0.05, 0) is 49.2 Å². The third kappa shape index (κ3) is 3.23. The lowest BCUT2D eigenvalue weighted by Gasteiger charge is -2.17. The van der Waals surface area contributed by atoms with E-state index in [2.05, 4.69) is 31.3 Å². The number of hydrogen-bond donors (Lipinski definition) is 1. The standard InChI is InChI=1S/C16H20FNS/c1-4-13-7-9-15(19-13)16(18-5-2)12-6-8-14(17)11(3)10-12/h6-10,16,18H,4-5H2,1-3H3. The average molecular weight is 277 g/mol. The van der Waals surface area contributed by atoms with Gasteiger partial charge in [0.25, 0.3) is 0 Å². The molecule has 0 aliphatic heterocycles. The van der Waals surface area contributed by atoms with Crippen molar-refractivity contribution in [3.63, 3.8) is 0 Å². The van der Waals surface area contributed by atoms with Crippen molar-refractivity contribution in [2.24, 2.45) is 0 Å². The summed E-state index contributed by atoms with van der Waals surface area (Å²) in [6.45, 7) is 6.96. The van der Waals surface area contributed by atoms with Gasteiger partial charge in [0.2, 0.25) is 0 Å². The minimum atomic E-state index is -0.139. The van der Waals surface area contributed by atoms with Crippen LogP contribution in [0.5, 0.6) is 0 Å². The van der Waals surface area contributed by atoms with Gasteiger partial charge in [-0.25, -0.2) is 4.39 Å². The maximum atomic E-state index is 13.4. The Bertz CT molecular complexity index is 547. The van der Waals surface area contributed by atoms with E-state index in [0.29, 0.717) is 5.56 Å². The van der Waals surface area contributed by atoms with Crippen molar-refractivity contribution in [1.29, 1.82) is 0 Å². The van der Waals surface area contributed by atoms with Crippen molar-refractivity contribution in [2.45, 2.75) is 33.2 Å². The molecule has 1 aromatic heterocycles. The Balaban J connectivity index is 2.35. The third-order valence-electron chi connectivity index (χ3n) is 3.24. The normalized spacial score (nSPS) is 12.6. The van der Waals surface area contributed by atoms with E-state index in [-0.39, 0.29) is 11.9 Å². The first-order valence-electron chi connectivity index (χ1n) is 6.73.